The monoisotopic (exact) mass is 150 g/mol. The summed E-state index contributed by atoms with van der Waals surface area (Å²) in [5, 5.41) is 7.34. The average Bonchev–Trinajstić information content (AvgIpc) is 2.50. The number of hydrazine groups is 1. The quantitative estimate of drug-likeness (QED) is 0.381. The van der Waals surface area contributed by atoms with E-state index in [9.17, 15) is 0 Å². The predicted molar refractivity (Wildman–Crippen MR) is 39.5 cm³/mol. The number of aromatic nitrogens is 4. The Morgan fingerprint density at radius 3 is 3.18 bits per heavy atom. The molecule has 0 saturated heterocycles. The third-order valence-corrected chi connectivity index (χ3v) is 1.32. The van der Waals surface area contributed by atoms with Crippen molar-refractivity contribution in [3.8, 4) is 0 Å². The summed E-state index contributed by atoms with van der Waals surface area (Å²) in [5.74, 6) is 5.48. The molecule has 0 saturated carbocycles. The summed E-state index contributed by atoms with van der Waals surface area (Å²) in [6.45, 7) is 0. The van der Waals surface area contributed by atoms with Crippen LogP contribution in [0.5, 0.6) is 0 Å². The molecular weight excluding hydrogens is 144 g/mol. The molecule has 0 amide bonds. The van der Waals surface area contributed by atoms with Gasteiger partial charge in [-0.25, -0.2) is 10.8 Å². The zero-order valence-corrected chi connectivity index (χ0v) is 5.57. The number of H-pyrrole nitrogens is 1. The number of nitrogens with zero attached hydrogens (tertiary/aromatic N) is 3. The number of aromatic amines is 1. The van der Waals surface area contributed by atoms with Crippen molar-refractivity contribution in [2.45, 2.75) is 0 Å². The van der Waals surface area contributed by atoms with Crippen molar-refractivity contribution in [2.75, 3.05) is 5.43 Å². The second-order valence-electron chi connectivity index (χ2n) is 2.01. The summed E-state index contributed by atoms with van der Waals surface area (Å²) in [6, 6.07) is 0. The molecular formula is C5H6N6. The van der Waals surface area contributed by atoms with Crippen LogP contribution in [0.4, 0.5) is 5.95 Å². The van der Waals surface area contributed by atoms with Crippen LogP contribution in [0, 0.1) is 0 Å². The first-order valence-electron chi connectivity index (χ1n) is 3.03. The lowest BCUT2D eigenvalue weighted by Gasteiger charge is -1.94. The molecule has 0 aliphatic heterocycles. The summed E-state index contributed by atoms with van der Waals surface area (Å²) in [7, 11) is 0. The molecule has 56 valence electrons. The van der Waals surface area contributed by atoms with E-state index in [1.807, 2.05) is 0 Å². The molecule has 2 aromatic heterocycles. The fourth-order valence-electron chi connectivity index (χ4n) is 0.808. The van der Waals surface area contributed by atoms with E-state index in [2.05, 4.69) is 25.6 Å². The molecule has 6 nitrogen and oxygen atoms in total. The summed E-state index contributed by atoms with van der Waals surface area (Å²) in [6.07, 6.45) is 3.29. The first-order chi connectivity index (χ1) is 5.40. The Morgan fingerprint density at radius 2 is 2.36 bits per heavy atom. The SMILES string of the molecule is NNc1ncc2cn[nH]c2n1. The van der Waals surface area contributed by atoms with Crippen LogP contribution in [0.25, 0.3) is 11.0 Å². The number of nitrogens with two attached hydrogens (primary N) is 1. The molecule has 2 aromatic rings. The van der Waals surface area contributed by atoms with E-state index in [4.69, 9.17) is 5.84 Å². The Morgan fingerprint density at radius 1 is 1.45 bits per heavy atom. The Bertz CT molecular complexity index is 366. The molecule has 0 radical (unpaired) electrons. The van der Waals surface area contributed by atoms with Gasteiger partial charge in [0, 0.05) is 6.20 Å². The molecule has 0 aliphatic rings. The molecule has 0 fully saturated rings. The fraction of sp³-hybridized carbons (Fsp3) is 0. The molecule has 11 heavy (non-hydrogen) atoms. The number of rotatable bonds is 1. The van der Waals surface area contributed by atoms with E-state index in [0.717, 1.165) is 5.39 Å². The molecule has 0 aromatic carbocycles. The highest BCUT2D eigenvalue weighted by Gasteiger charge is 1.97. The predicted octanol–water partition coefficient (Wildman–Crippen LogP) is -0.362. The van der Waals surface area contributed by atoms with Crippen molar-refractivity contribution in [2.24, 2.45) is 5.84 Å². The minimum Gasteiger partial charge on any atom is -0.292 e. The largest absolute Gasteiger partial charge is 0.292 e. The van der Waals surface area contributed by atoms with Gasteiger partial charge in [0.2, 0.25) is 5.95 Å². The molecule has 6 heteroatoms. The van der Waals surface area contributed by atoms with E-state index in [1.165, 1.54) is 0 Å². The van der Waals surface area contributed by atoms with Crippen molar-refractivity contribution in [1.29, 1.82) is 0 Å². The zero-order chi connectivity index (χ0) is 7.68. The van der Waals surface area contributed by atoms with Crippen LogP contribution < -0.4 is 11.3 Å². The summed E-state index contributed by atoms with van der Waals surface area (Å²) in [4.78, 5) is 7.88. The number of anilines is 1. The molecule has 4 N–H and O–H groups in total. The van der Waals surface area contributed by atoms with Gasteiger partial charge in [-0.1, -0.05) is 0 Å². The number of hydrogen-bond donors (Lipinski definition) is 3. The Hall–Kier alpha value is -1.69. The summed E-state index contributed by atoms with van der Waals surface area (Å²) in [5.41, 5.74) is 3.01. The van der Waals surface area contributed by atoms with Gasteiger partial charge in [0.1, 0.15) is 0 Å². The van der Waals surface area contributed by atoms with Gasteiger partial charge in [-0.2, -0.15) is 10.1 Å². The van der Waals surface area contributed by atoms with Crippen LogP contribution in [0.2, 0.25) is 0 Å². The first kappa shape index (κ1) is 6.05. The van der Waals surface area contributed by atoms with Gasteiger partial charge in [0.05, 0.1) is 11.6 Å². The smallest absolute Gasteiger partial charge is 0.239 e. The molecule has 0 spiro atoms. The van der Waals surface area contributed by atoms with Crippen LogP contribution >= 0.6 is 0 Å². The minimum absolute atomic E-state index is 0.377. The minimum atomic E-state index is 0.377. The van der Waals surface area contributed by atoms with Crippen LogP contribution in [0.1, 0.15) is 0 Å². The number of fused-ring (bicyclic) bond motifs is 1. The maximum absolute atomic E-state index is 5.10. The van der Waals surface area contributed by atoms with Gasteiger partial charge >= 0.3 is 0 Å². The summed E-state index contributed by atoms with van der Waals surface area (Å²) < 4.78 is 0. The number of hydrogen-bond acceptors (Lipinski definition) is 5. The zero-order valence-electron chi connectivity index (χ0n) is 5.57. The van der Waals surface area contributed by atoms with Crippen molar-refractivity contribution in [3.63, 3.8) is 0 Å². The second kappa shape index (κ2) is 2.17. The van der Waals surface area contributed by atoms with Crippen LogP contribution in [-0.4, -0.2) is 20.2 Å². The van der Waals surface area contributed by atoms with Gasteiger partial charge in [-0.05, 0) is 0 Å². The van der Waals surface area contributed by atoms with Gasteiger partial charge in [0.15, 0.2) is 5.65 Å². The van der Waals surface area contributed by atoms with Crippen LogP contribution in [0.3, 0.4) is 0 Å². The lowest BCUT2D eigenvalue weighted by Crippen LogP contribution is -2.09. The van der Waals surface area contributed by atoms with E-state index in [1.54, 1.807) is 12.4 Å². The average molecular weight is 150 g/mol. The highest BCUT2D eigenvalue weighted by molar-refractivity contribution is 5.73. The van der Waals surface area contributed by atoms with Crippen LogP contribution in [0.15, 0.2) is 12.4 Å². The molecule has 0 aliphatic carbocycles. The highest BCUT2D eigenvalue weighted by Crippen LogP contribution is 2.06. The van der Waals surface area contributed by atoms with Gasteiger partial charge in [-0.3, -0.25) is 10.5 Å². The maximum atomic E-state index is 5.10. The van der Waals surface area contributed by atoms with Gasteiger partial charge in [-0.15, -0.1) is 0 Å². The van der Waals surface area contributed by atoms with Crippen molar-refractivity contribution < 1.29 is 0 Å². The third-order valence-electron chi connectivity index (χ3n) is 1.32. The Kier molecular flexibility index (Phi) is 1.19. The Labute approximate surface area is 61.8 Å². The molecule has 0 bridgehead atoms. The summed E-state index contributed by atoms with van der Waals surface area (Å²) >= 11 is 0. The maximum Gasteiger partial charge on any atom is 0.239 e. The van der Waals surface area contributed by atoms with E-state index >= 15 is 0 Å². The van der Waals surface area contributed by atoms with E-state index in [-0.39, 0.29) is 0 Å². The van der Waals surface area contributed by atoms with E-state index in [0.29, 0.717) is 11.6 Å². The van der Waals surface area contributed by atoms with Crippen molar-refractivity contribution >= 4 is 17.0 Å². The Balaban J connectivity index is 2.67. The standard InChI is InChI=1S/C5H6N6/c6-10-5-7-1-3-2-8-11-4(3)9-5/h1-2H,6H2,(H2,7,8,9,10,11). The third kappa shape index (κ3) is 0.887. The van der Waals surface area contributed by atoms with Crippen molar-refractivity contribution in [1.82, 2.24) is 20.2 Å². The fourth-order valence-corrected chi connectivity index (χ4v) is 0.808. The molecule has 0 unspecified atom stereocenters. The number of nitrogens with one attached hydrogen (secondary N) is 2. The first-order valence-corrected chi connectivity index (χ1v) is 3.03. The van der Waals surface area contributed by atoms with Gasteiger partial charge < -0.3 is 0 Å². The highest BCUT2D eigenvalue weighted by atomic mass is 15.3. The lowest BCUT2D eigenvalue weighted by molar-refractivity contribution is 1.08. The van der Waals surface area contributed by atoms with E-state index < -0.39 is 0 Å². The number of nitrogen functional groups attached to an aromatic ring is 1. The molecule has 2 rings (SSSR count). The van der Waals surface area contributed by atoms with Crippen LogP contribution in [-0.2, 0) is 0 Å². The molecule has 2 heterocycles. The van der Waals surface area contributed by atoms with Gasteiger partial charge in [0.25, 0.3) is 0 Å². The molecule has 0 atom stereocenters. The van der Waals surface area contributed by atoms with Crippen molar-refractivity contribution in [3.05, 3.63) is 12.4 Å². The normalized spacial score (nSPS) is 10.3. The second-order valence-corrected chi connectivity index (χ2v) is 2.01. The topological polar surface area (TPSA) is 92.5 Å². The lowest BCUT2D eigenvalue weighted by atomic mass is 10.4.